The highest BCUT2D eigenvalue weighted by atomic mass is 79.9. The molecule has 0 spiro atoms. The van der Waals surface area contributed by atoms with Gasteiger partial charge in [-0.1, -0.05) is 17.7 Å². The van der Waals surface area contributed by atoms with Gasteiger partial charge in [-0.15, -0.1) is 11.3 Å². The molecule has 0 saturated heterocycles. The zero-order valence-electron chi connectivity index (χ0n) is 8.54. The topological polar surface area (TPSA) is 17.1 Å². The van der Waals surface area contributed by atoms with Crippen LogP contribution in [0.15, 0.2) is 45.7 Å². The van der Waals surface area contributed by atoms with Gasteiger partial charge in [0.2, 0.25) is 0 Å². The van der Waals surface area contributed by atoms with Gasteiger partial charge in [0, 0.05) is 25.0 Å². The largest absolute Gasteiger partial charge is 0.289 e. The molecule has 4 heteroatoms. The lowest BCUT2D eigenvalue weighted by atomic mass is 10.2. The average Bonchev–Trinajstić information content (AvgIpc) is 2.32. The van der Waals surface area contributed by atoms with Crippen molar-refractivity contribution in [3.63, 3.8) is 0 Å². The van der Waals surface area contributed by atoms with Gasteiger partial charge in [0.25, 0.3) is 0 Å². The maximum absolute atomic E-state index is 12.3. The summed E-state index contributed by atoms with van der Waals surface area (Å²) in [5.74, 6) is 0. The molecule has 84 valence electrons. The molecule has 3 rings (SSSR count). The first-order valence-electron chi connectivity index (χ1n) is 4.97. The lowest BCUT2D eigenvalue weighted by Gasteiger charge is -2.02. The van der Waals surface area contributed by atoms with Crippen molar-refractivity contribution in [3.05, 3.63) is 56.1 Å². The van der Waals surface area contributed by atoms with E-state index in [9.17, 15) is 4.79 Å². The molecule has 1 aromatic heterocycles. The second-order valence-corrected chi connectivity index (χ2v) is 6.03. The van der Waals surface area contributed by atoms with Gasteiger partial charge in [-0.2, -0.15) is 0 Å². The molecule has 0 aliphatic heterocycles. The fourth-order valence-electron chi connectivity index (χ4n) is 1.82. The van der Waals surface area contributed by atoms with E-state index in [0.717, 1.165) is 19.3 Å². The molecular weight excluding hydrogens is 320 g/mol. The highest BCUT2D eigenvalue weighted by Crippen LogP contribution is 2.31. The molecule has 1 nitrogen and oxygen atoms in total. The van der Waals surface area contributed by atoms with Crippen molar-refractivity contribution in [2.75, 3.05) is 0 Å². The van der Waals surface area contributed by atoms with E-state index >= 15 is 0 Å². The zero-order chi connectivity index (χ0) is 12.0. The van der Waals surface area contributed by atoms with Crippen LogP contribution in [0.25, 0.3) is 20.2 Å². The van der Waals surface area contributed by atoms with Crippen LogP contribution in [0.1, 0.15) is 0 Å². The van der Waals surface area contributed by atoms with Crippen LogP contribution in [-0.4, -0.2) is 0 Å². The van der Waals surface area contributed by atoms with Gasteiger partial charge in [-0.05, 0) is 46.3 Å². The summed E-state index contributed by atoms with van der Waals surface area (Å²) < 4.78 is 2.89. The van der Waals surface area contributed by atoms with E-state index in [4.69, 9.17) is 11.6 Å². The Balaban J connectivity index is 2.62. The molecule has 0 fully saturated rings. The summed E-state index contributed by atoms with van der Waals surface area (Å²) in [6.45, 7) is 0. The Morgan fingerprint density at radius 2 is 1.94 bits per heavy atom. The highest BCUT2D eigenvalue weighted by Gasteiger charge is 2.08. The molecule has 0 amide bonds. The molecule has 1 heterocycles. The van der Waals surface area contributed by atoms with E-state index in [1.54, 1.807) is 17.4 Å². The smallest absolute Gasteiger partial charge is 0.195 e. The molecule has 3 aromatic rings. The van der Waals surface area contributed by atoms with E-state index in [2.05, 4.69) is 15.9 Å². The first kappa shape index (κ1) is 11.2. The fourth-order valence-corrected chi connectivity index (χ4v) is 3.65. The van der Waals surface area contributed by atoms with Crippen LogP contribution in [-0.2, 0) is 0 Å². The summed E-state index contributed by atoms with van der Waals surface area (Å²) in [4.78, 5) is 12.3. The van der Waals surface area contributed by atoms with Crippen molar-refractivity contribution < 1.29 is 0 Å². The van der Waals surface area contributed by atoms with Crippen LogP contribution in [0, 0.1) is 0 Å². The molecule has 0 atom stereocenters. The van der Waals surface area contributed by atoms with Crippen molar-refractivity contribution in [1.29, 1.82) is 0 Å². The molecule has 2 aromatic carbocycles. The highest BCUT2D eigenvalue weighted by molar-refractivity contribution is 9.10. The number of fused-ring (bicyclic) bond motifs is 2. The number of benzene rings is 2. The van der Waals surface area contributed by atoms with Gasteiger partial charge in [0.05, 0.1) is 4.70 Å². The first-order valence-corrected chi connectivity index (χ1v) is 6.96. The SMILES string of the molecule is O=c1c2cc(Cl)ccc2sc2c(Br)cccc12. The molecule has 0 aliphatic carbocycles. The second-order valence-electron chi connectivity index (χ2n) is 3.69. The summed E-state index contributed by atoms with van der Waals surface area (Å²) >= 11 is 11.0. The number of hydrogen-bond acceptors (Lipinski definition) is 2. The predicted molar refractivity (Wildman–Crippen MR) is 78.3 cm³/mol. The van der Waals surface area contributed by atoms with Crippen molar-refractivity contribution in [2.45, 2.75) is 0 Å². The van der Waals surface area contributed by atoms with Crippen molar-refractivity contribution in [3.8, 4) is 0 Å². The molecule has 0 bridgehead atoms. The minimum atomic E-state index is 0.0394. The molecule has 0 aliphatic rings. The van der Waals surface area contributed by atoms with E-state index in [0.29, 0.717) is 10.4 Å². The zero-order valence-corrected chi connectivity index (χ0v) is 11.7. The van der Waals surface area contributed by atoms with Gasteiger partial charge in [0.15, 0.2) is 5.43 Å². The predicted octanol–water partition coefficient (Wildman–Crippen LogP) is 4.83. The van der Waals surface area contributed by atoms with Gasteiger partial charge < -0.3 is 0 Å². The molecule has 0 radical (unpaired) electrons. The van der Waals surface area contributed by atoms with Gasteiger partial charge >= 0.3 is 0 Å². The second kappa shape index (κ2) is 4.09. The van der Waals surface area contributed by atoms with E-state index in [1.165, 1.54) is 0 Å². The van der Waals surface area contributed by atoms with Crippen molar-refractivity contribution in [1.82, 2.24) is 0 Å². The minimum Gasteiger partial charge on any atom is -0.289 e. The summed E-state index contributed by atoms with van der Waals surface area (Å²) in [5, 5.41) is 2.02. The van der Waals surface area contributed by atoms with Crippen molar-refractivity contribution >= 4 is 59.0 Å². The summed E-state index contributed by atoms with van der Waals surface area (Å²) in [6.07, 6.45) is 0. The third-order valence-electron chi connectivity index (χ3n) is 2.61. The Hall–Kier alpha value is -0.900. The molecule has 0 saturated carbocycles. The monoisotopic (exact) mass is 324 g/mol. The van der Waals surface area contributed by atoms with Crippen LogP contribution in [0.3, 0.4) is 0 Å². The lowest BCUT2D eigenvalue weighted by molar-refractivity contribution is 1.72. The van der Waals surface area contributed by atoms with Crippen LogP contribution in [0.5, 0.6) is 0 Å². The molecule has 0 unspecified atom stereocenters. The normalized spacial score (nSPS) is 11.2. The van der Waals surface area contributed by atoms with E-state index in [-0.39, 0.29) is 5.43 Å². The summed E-state index contributed by atoms with van der Waals surface area (Å²) in [5.41, 5.74) is 0.0394. The Kier molecular flexibility index (Phi) is 2.69. The maximum Gasteiger partial charge on any atom is 0.195 e. The standard InChI is InChI=1S/C13H6BrClOS/c14-10-3-1-2-8-12(16)9-6-7(15)4-5-11(9)17-13(8)10/h1-6H. The first-order chi connectivity index (χ1) is 8.16. The molecule has 0 N–H and O–H groups in total. The Labute approximate surface area is 115 Å². The third kappa shape index (κ3) is 1.79. The number of halogens is 2. The van der Waals surface area contributed by atoms with Crippen molar-refractivity contribution in [2.24, 2.45) is 0 Å². The third-order valence-corrected chi connectivity index (χ3v) is 4.99. The quantitative estimate of drug-likeness (QED) is 0.541. The van der Waals surface area contributed by atoms with Gasteiger partial charge in [-0.25, -0.2) is 0 Å². The van der Waals surface area contributed by atoms with Crippen LogP contribution in [0.4, 0.5) is 0 Å². The minimum absolute atomic E-state index is 0.0394. The lowest BCUT2D eigenvalue weighted by Crippen LogP contribution is -2.00. The van der Waals surface area contributed by atoms with E-state index in [1.807, 2.05) is 30.3 Å². The molecular formula is C13H6BrClOS. The van der Waals surface area contributed by atoms with Crippen LogP contribution < -0.4 is 5.43 Å². The maximum atomic E-state index is 12.3. The Morgan fingerprint density at radius 1 is 1.12 bits per heavy atom. The fraction of sp³-hybridized carbons (Fsp3) is 0. The average molecular weight is 326 g/mol. The Bertz CT molecular complexity index is 788. The summed E-state index contributed by atoms with van der Waals surface area (Å²) in [7, 11) is 0. The van der Waals surface area contributed by atoms with Crippen LogP contribution >= 0.6 is 38.9 Å². The molecule has 17 heavy (non-hydrogen) atoms. The van der Waals surface area contributed by atoms with Crippen LogP contribution in [0.2, 0.25) is 5.02 Å². The number of hydrogen-bond donors (Lipinski definition) is 0. The van der Waals surface area contributed by atoms with E-state index < -0.39 is 0 Å². The summed E-state index contributed by atoms with van der Waals surface area (Å²) in [6, 6.07) is 11.1. The number of rotatable bonds is 0. The van der Waals surface area contributed by atoms with Gasteiger partial charge in [-0.3, -0.25) is 4.79 Å². The van der Waals surface area contributed by atoms with Gasteiger partial charge in [0.1, 0.15) is 0 Å². The Morgan fingerprint density at radius 3 is 2.76 bits per heavy atom.